The molecular weight excluding hydrogens is 252 g/mol. The molecule has 0 amide bonds. The highest BCUT2D eigenvalue weighted by Crippen LogP contribution is 2.31. The topological polar surface area (TPSA) is 70.1 Å². The average molecular weight is 278 g/mol. The summed E-state index contributed by atoms with van der Waals surface area (Å²) in [6.07, 6.45) is 6.66. The van der Waals surface area contributed by atoms with E-state index < -0.39 is 0 Å². The summed E-state index contributed by atoms with van der Waals surface area (Å²) in [6.45, 7) is 5.09. The second-order valence-corrected chi connectivity index (χ2v) is 5.74. The Morgan fingerprint density at radius 1 is 1.20 bits per heavy atom. The van der Waals surface area contributed by atoms with Crippen LogP contribution in [0.4, 0.5) is 11.6 Å². The number of aromatic nitrogens is 2. The number of nitrogens with zero attached hydrogens (tertiary/aromatic N) is 2. The number of anilines is 2. The molecule has 1 aromatic rings. The zero-order valence-electron chi connectivity index (χ0n) is 12.6. The second kappa shape index (κ2) is 6.88. The van der Waals surface area contributed by atoms with Crippen molar-refractivity contribution in [1.29, 1.82) is 0 Å². The van der Waals surface area contributed by atoms with Gasteiger partial charge in [0.15, 0.2) is 0 Å². The second-order valence-electron chi connectivity index (χ2n) is 5.74. The highest BCUT2D eigenvalue weighted by molar-refractivity contribution is 5.49. The molecule has 1 fully saturated rings. The molecule has 0 aliphatic heterocycles. The van der Waals surface area contributed by atoms with Crippen molar-refractivity contribution >= 4 is 11.6 Å². The molecule has 0 atom stereocenters. The Morgan fingerprint density at radius 3 is 2.55 bits per heavy atom. The fourth-order valence-electron chi connectivity index (χ4n) is 2.80. The molecule has 0 bridgehead atoms. The summed E-state index contributed by atoms with van der Waals surface area (Å²) >= 11 is 0. The first kappa shape index (κ1) is 15.0. The molecule has 0 saturated heterocycles. The highest BCUT2D eigenvalue weighted by atomic mass is 16.3. The van der Waals surface area contributed by atoms with Crippen molar-refractivity contribution in [1.82, 2.24) is 9.97 Å². The zero-order valence-corrected chi connectivity index (χ0v) is 12.6. The van der Waals surface area contributed by atoms with Gasteiger partial charge in [-0.1, -0.05) is 26.2 Å². The Morgan fingerprint density at radius 2 is 1.90 bits per heavy atom. The Labute approximate surface area is 121 Å². The van der Waals surface area contributed by atoms with Gasteiger partial charge >= 0.3 is 0 Å². The van der Waals surface area contributed by atoms with Gasteiger partial charge in [0.1, 0.15) is 17.5 Å². The summed E-state index contributed by atoms with van der Waals surface area (Å²) in [7, 11) is 0. The minimum Gasteiger partial charge on any atom is -0.394 e. The van der Waals surface area contributed by atoms with Crippen LogP contribution in [0.2, 0.25) is 0 Å². The standard InChI is InChI=1S/C15H26N4O/c1-3-9-16-13-10-14(18-12(2)17-13)19-15(11-20)7-5-4-6-8-15/h10,20H,3-9,11H2,1-2H3,(H2,16,17,18,19). The van der Waals surface area contributed by atoms with Gasteiger partial charge in [-0.2, -0.15) is 0 Å². The molecule has 0 unspecified atom stereocenters. The smallest absolute Gasteiger partial charge is 0.132 e. The van der Waals surface area contributed by atoms with Gasteiger partial charge in [-0.05, 0) is 26.2 Å². The largest absolute Gasteiger partial charge is 0.394 e. The van der Waals surface area contributed by atoms with E-state index in [-0.39, 0.29) is 12.1 Å². The molecule has 0 radical (unpaired) electrons. The van der Waals surface area contributed by atoms with Gasteiger partial charge in [0.2, 0.25) is 0 Å². The van der Waals surface area contributed by atoms with E-state index in [1.165, 1.54) is 19.3 Å². The summed E-state index contributed by atoms with van der Waals surface area (Å²) < 4.78 is 0. The van der Waals surface area contributed by atoms with E-state index >= 15 is 0 Å². The van der Waals surface area contributed by atoms with E-state index in [0.29, 0.717) is 0 Å². The number of aryl methyl sites for hydroxylation is 1. The lowest BCUT2D eigenvalue weighted by Gasteiger charge is -2.37. The van der Waals surface area contributed by atoms with E-state index in [1.54, 1.807) is 0 Å². The number of rotatable bonds is 6. The SMILES string of the molecule is CCCNc1cc(NC2(CO)CCCCC2)nc(C)n1. The first-order valence-electron chi connectivity index (χ1n) is 7.66. The van der Waals surface area contributed by atoms with Crippen LogP contribution in [0.15, 0.2) is 6.07 Å². The summed E-state index contributed by atoms with van der Waals surface area (Å²) in [4.78, 5) is 8.84. The predicted octanol–water partition coefficient (Wildman–Crippen LogP) is 2.71. The molecular formula is C15H26N4O. The summed E-state index contributed by atoms with van der Waals surface area (Å²) in [5.74, 6) is 2.41. The highest BCUT2D eigenvalue weighted by Gasteiger charge is 2.31. The predicted molar refractivity (Wildman–Crippen MR) is 82.1 cm³/mol. The number of nitrogens with one attached hydrogen (secondary N) is 2. The Balaban J connectivity index is 2.12. The fraction of sp³-hybridized carbons (Fsp3) is 0.733. The number of hydrogen-bond acceptors (Lipinski definition) is 5. The van der Waals surface area contributed by atoms with E-state index in [4.69, 9.17) is 0 Å². The van der Waals surface area contributed by atoms with E-state index in [2.05, 4.69) is 27.5 Å². The molecule has 5 nitrogen and oxygen atoms in total. The molecule has 112 valence electrons. The molecule has 20 heavy (non-hydrogen) atoms. The normalized spacial score (nSPS) is 17.8. The van der Waals surface area contributed by atoms with Gasteiger partial charge in [-0.15, -0.1) is 0 Å². The van der Waals surface area contributed by atoms with Gasteiger partial charge in [0, 0.05) is 12.6 Å². The van der Waals surface area contributed by atoms with Gasteiger partial charge in [-0.3, -0.25) is 0 Å². The molecule has 1 aliphatic carbocycles. The van der Waals surface area contributed by atoms with E-state index in [0.717, 1.165) is 43.3 Å². The van der Waals surface area contributed by atoms with Crippen LogP contribution in [0.25, 0.3) is 0 Å². The third-order valence-corrected chi connectivity index (χ3v) is 3.90. The maximum Gasteiger partial charge on any atom is 0.132 e. The number of hydrogen-bond donors (Lipinski definition) is 3. The Bertz CT molecular complexity index is 430. The van der Waals surface area contributed by atoms with Crippen LogP contribution in [-0.4, -0.2) is 33.8 Å². The molecule has 2 rings (SSSR count). The molecule has 1 aromatic heterocycles. The van der Waals surface area contributed by atoms with Crippen LogP contribution in [0.5, 0.6) is 0 Å². The van der Waals surface area contributed by atoms with Crippen molar-refractivity contribution in [3.05, 3.63) is 11.9 Å². The van der Waals surface area contributed by atoms with Crippen molar-refractivity contribution in [3.63, 3.8) is 0 Å². The first-order chi connectivity index (χ1) is 9.67. The molecule has 1 saturated carbocycles. The zero-order chi connectivity index (χ0) is 14.4. The lowest BCUT2D eigenvalue weighted by atomic mass is 9.82. The number of aliphatic hydroxyl groups excluding tert-OH is 1. The summed E-state index contributed by atoms with van der Waals surface area (Å²) in [6, 6.07) is 1.94. The molecule has 0 spiro atoms. The van der Waals surface area contributed by atoms with Crippen molar-refractivity contribution in [2.75, 3.05) is 23.8 Å². The van der Waals surface area contributed by atoms with E-state index in [1.807, 2.05) is 13.0 Å². The average Bonchev–Trinajstić information content (AvgIpc) is 2.45. The molecule has 0 aromatic carbocycles. The van der Waals surface area contributed by atoms with Gasteiger partial charge < -0.3 is 15.7 Å². The quantitative estimate of drug-likeness (QED) is 0.746. The van der Waals surface area contributed by atoms with Gasteiger partial charge in [0.25, 0.3) is 0 Å². The van der Waals surface area contributed by atoms with Crippen molar-refractivity contribution in [2.24, 2.45) is 0 Å². The maximum atomic E-state index is 9.76. The summed E-state index contributed by atoms with van der Waals surface area (Å²) in [5, 5.41) is 16.5. The molecule has 1 aliphatic rings. The minimum atomic E-state index is -0.207. The van der Waals surface area contributed by atoms with Gasteiger partial charge in [0.05, 0.1) is 12.1 Å². The minimum absolute atomic E-state index is 0.160. The van der Waals surface area contributed by atoms with Crippen molar-refractivity contribution < 1.29 is 5.11 Å². The maximum absolute atomic E-state index is 9.76. The van der Waals surface area contributed by atoms with Crippen LogP contribution in [-0.2, 0) is 0 Å². The van der Waals surface area contributed by atoms with Crippen LogP contribution < -0.4 is 10.6 Å². The monoisotopic (exact) mass is 278 g/mol. The van der Waals surface area contributed by atoms with Crippen LogP contribution in [0.1, 0.15) is 51.3 Å². The Kier molecular flexibility index (Phi) is 5.17. The van der Waals surface area contributed by atoms with E-state index in [9.17, 15) is 5.11 Å². The third-order valence-electron chi connectivity index (χ3n) is 3.90. The Hall–Kier alpha value is -1.36. The van der Waals surface area contributed by atoms with Crippen LogP contribution in [0, 0.1) is 6.92 Å². The summed E-state index contributed by atoms with van der Waals surface area (Å²) in [5.41, 5.74) is -0.207. The third kappa shape index (κ3) is 3.82. The molecule has 5 heteroatoms. The lowest BCUT2D eigenvalue weighted by Crippen LogP contribution is -2.44. The van der Waals surface area contributed by atoms with Crippen molar-refractivity contribution in [2.45, 2.75) is 57.9 Å². The van der Waals surface area contributed by atoms with Gasteiger partial charge in [-0.25, -0.2) is 9.97 Å². The molecule has 3 N–H and O–H groups in total. The first-order valence-corrected chi connectivity index (χ1v) is 7.66. The van der Waals surface area contributed by atoms with Crippen LogP contribution >= 0.6 is 0 Å². The van der Waals surface area contributed by atoms with Crippen LogP contribution in [0.3, 0.4) is 0 Å². The molecule has 1 heterocycles. The fourth-order valence-corrected chi connectivity index (χ4v) is 2.80. The number of aliphatic hydroxyl groups is 1. The van der Waals surface area contributed by atoms with Crippen molar-refractivity contribution in [3.8, 4) is 0 Å². The lowest BCUT2D eigenvalue weighted by molar-refractivity contribution is 0.172.